The Labute approximate surface area is 131 Å². The van der Waals surface area contributed by atoms with Gasteiger partial charge in [-0.3, -0.25) is 9.59 Å². The molecule has 1 aromatic rings. The Hall–Kier alpha value is -1.89. The second-order valence-electron chi connectivity index (χ2n) is 4.39. The van der Waals surface area contributed by atoms with E-state index in [0.29, 0.717) is 5.75 Å². The molecular formula is C14H15ClF2O5. The summed E-state index contributed by atoms with van der Waals surface area (Å²) < 4.78 is 41.3. The predicted molar refractivity (Wildman–Crippen MR) is 74.6 cm³/mol. The van der Waals surface area contributed by atoms with Gasteiger partial charge in [-0.2, -0.15) is 0 Å². The van der Waals surface area contributed by atoms with Gasteiger partial charge in [0.15, 0.2) is 0 Å². The van der Waals surface area contributed by atoms with Crippen LogP contribution in [0.5, 0.6) is 11.5 Å². The van der Waals surface area contributed by atoms with E-state index in [1.54, 1.807) is 6.07 Å². The summed E-state index contributed by atoms with van der Waals surface area (Å²) in [5, 5.41) is -1.50. The minimum Gasteiger partial charge on any atom is -0.497 e. The van der Waals surface area contributed by atoms with Gasteiger partial charge in [-0.25, -0.2) is 8.78 Å². The average molecular weight is 337 g/mol. The van der Waals surface area contributed by atoms with E-state index in [9.17, 15) is 18.4 Å². The van der Waals surface area contributed by atoms with Crippen molar-refractivity contribution >= 4 is 22.8 Å². The van der Waals surface area contributed by atoms with Crippen molar-refractivity contribution in [2.24, 2.45) is 5.41 Å². The van der Waals surface area contributed by atoms with E-state index in [1.807, 2.05) is 0 Å². The number of halogens is 3. The molecule has 0 spiro atoms. The number of carbonyl (C=O) groups excluding carboxylic acids is 2. The monoisotopic (exact) mass is 336 g/mol. The van der Waals surface area contributed by atoms with E-state index in [2.05, 4.69) is 4.74 Å². The van der Waals surface area contributed by atoms with Crippen molar-refractivity contribution in [2.45, 2.75) is 12.8 Å². The van der Waals surface area contributed by atoms with Crippen LogP contribution in [-0.4, -0.2) is 39.0 Å². The van der Waals surface area contributed by atoms with Gasteiger partial charge in [0.05, 0.1) is 21.3 Å². The molecule has 0 fully saturated rings. The standard InChI is InChI=1S/C14H15ClF2O5/c1-20-9-4-5-10(21-2)8(6-9)7-14(11(15)18,12(16)17)13(19)22-3/h4-6,12H,7H2,1-3H3. The molecule has 0 aliphatic carbocycles. The lowest BCUT2D eigenvalue weighted by molar-refractivity contribution is -0.166. The number of rotatable bonds is 7. The second kappa shape index (κ2) is 7.40. The predicted octanol–water partition coefficient (Wildman–Crippen LogP) is 2.44. The van der Waals surface area contributed by atoms with Crippen LogP contribution in [0.1, 0.15) is 5.56 Å². The molecule has 0 aromatic heterocycles. The maximum absolute atomic E-state index is 13.5. The molecule has 0 heterocycles. The number of hydrogen-bond acceptors (Lipinski definition) is 5. The maximum atomic E-state index is 13.5. The summed E-state index contributed by atoms with van der Waals surface area (Å²) in [6, 6.07) is 4.41. The minimum absolute atomic E-state index is 0.168. The molecule has 1 unspecified atom stereocenters. The number of ether oxygens (including phenoxy) is 3. The maximum Gasteiger partial charge on any atom is 0.327 e. The summed E-state index contributed by atoms with van der Waals surface area (Å²) in [7, 11) is 3.62. The van der Waals surface area contributed by atoms with Crippen molar-refractivity contribution in [3.8, 4) is 11.5 Å². The Morgan fingerprint density at radius 3 is 2.27 bits per heavy atom. The van der Waals surface area contributed by atoms with Gasteiger partial charge < -0.3 is 14.2 Å². The van der Waals surface area contributed by atoms with Crippen LogP contribution < -0.4 is 9.47 Å². The number of alkyl halides is 2. The van der Waals surface area contributed by atoms with E-state index >= 15 is 0 Å². The zero-order valence-electron chi connectivity index (χ0n) is 12.2. The SMILES string of the molecule is COC(=O)C(Cc1cc(OC)ccc1OC)(C(=O)Cl)C(F)F. The molecule has 1 aromatic carbocycles. The molecule has 122 valence electrons. The van der Waals surface area contributed by atoms with Crippen LogP contribution in [0.4, 0.5) is 8.78 Å². The summed E-state index contributed by atoms with van der Waals surface area (Å²) in [6.45, 7) is 0. The normalized spacial score (nSPS) is 13.4. The van der Waals surface area contributed by atoms with Crippen molar-refractivity contribution in [3.63, 3.8) is 0 Å². The topological polar surface area (TPSA) is 61.8 Å². The molecule has 0 radical (unpaired) electrons. The Morgan fingerprint density at radius 1 is 1.23 bits per heavy atom. The highest BCUT2D eigenvalue weighted by Gasteiger charge is 2.55. The highest BCUT2D eigenvalue weighted by molar-refractivity contribution is 6.66. The summed E-state index contributed by atoms with van der Waals surface area (Å²) in [5.41, 5.74) is -2.64. The minimum atomic E-state index is -3.35. The molecule has 22 heavy (non-hydrogen) atoms. The summed E-state index contributed by atoms with van der Waals surface area (Å²) >= 11 is 5.30. The van der Waals surface area contributed by atoms with Gasteiger partial charge in [0.2, 0.25) is 10.7 Å². The zero-order valence-corrected chi connectivity index (χ0v) is 12.9. The van der Waals surface area contributed by atoms with Gasteiger partial charge in [0.1, 0.15) is 11.5 Å². The van der Waals surface area contributed by atoms with E-state index in [-0.39, 0.29) is 11.3 Å². The first-order chi connectivity index (χ1) is 10.3. The fraction of sp³-hybridized carbons (Fsp3) is 0.429. The first kappa shape index (κ1) is 18.2. The van der Waals surface area contributed by atoms with Gasteiger partial charge >= 0.3 is 5.97 Å². The molecule has 0 N–H and O–H groups in total. The van der Waals surface area contributed by atoms with Crippen LogP contribution in [0, 0.1) is 5.41 Å². The van der Waals surface area contributed by atoms with Crippen molar-refractivity contribution in [2.75, 3.05) is 21.3 Å². The zero-order chi connectivity index (χ0) is 16.9. The summed E-state index contributed by atoms with van der Waals surface area (Å²) in [5.74, 6) is -0.842. The van der Waals surface area contributed by atoms with Crippen LogP contribution >= 0.6 is 11.6 Å². The largest absolute Gasteiger partial charge is 0.497 e. The second-order valence-corrected chi connectivity index (χ2v) is 4.74. The van der Waals surface area contributed by atoms with Crippen LogP contribution in [0.3, 0.4) is 0 Å². The third kappa shape index (κ3) is 3.30. The lowest BCUT2D eigenvalue weighted by atomic mass is 9.82. The van der Waals surface area contributed by atoms with E-state index in [0.717, 1.165) is 7.11 Å². The molecule has 8 heteroatoms. The number of methoxy groups -OCH3 is 3. The molecule has 0 amide bonds. The van der Waals surface area contributed by atoms with Crippen molar-refractivity contribution < 1.29 is 32.6 Å². The molecular weight excluding hydrogens is 322 g/mol. The Morgan fingerprint density at radius 2 is 1.86 bits per heavy atom. The summed E-state index contributed by atoms with van der Waals surface area (Å²) in [4.78, 5) is 23.4. The van der Waals surface area contributed by atoms with Crippen LogP contribution in [0.25, 0.3) is 0 Å². The van der Waals surface area contributed by atoms with Gasteiger partial charge in [-0.15, -0.1) is 0 Å². The molecule has 0 saturated heterocycles. The fourth-order valence-corrected chi connectivity index (χ4v) is 2.20. The van der Waals surface area contributed by atoms with Gasteiger partial charge in [-0.05, 0) is 35.4 Å². The van der Waals surface area contributed by atoms with Gasteiger partial charge in [0, 0.05) is 6.42 Å². The highest BCUT2D eigenvalue weighted by Crippen LogP contribution is 2.38. The fourth-order valence-electron chi connectivity index (χ4n) is 1.98. The Balaban J connectivity index is 3.42. The van der Waals surface area contributed by atoms with Crippen LogP contribution in [-0.2, 0) is 20.7 Å². The number of esters is 1. The number of hydrogen-bond donors (Lipinski definition) is 0. The first-order valence-corrected chi connectivity index (χ1v) is 6.48. The van der Waals surface area contributed by atoms with E-state index in [4.69, 9.17) is 21.1 Å². The Kier molecular flexibility index (Phi) is 6.11. The smallest absolute Gasteiger partial charge is 0.327 e. The van der Waals surface area contributed by atoms with Crippen LogP contribution in [0.2, 0.25) is 0 Å². The Bertz CT molecular complexity index is 564. The molecule has 1 rings (SSSR count). The molecule has 0 aliphatic heterocycles. The van der Waals surface area contributed by atoms with Crippen molar-refractivity contribution in [1.82, 2.24) is 0 Å². The third-order valence-corrected chi connectivity index (χ3v) is 3.57. The van der Waals surface area contributed by atoms with E-state index in [1.165, 1.54) is 26.4 Å². The van der Waals surface area contributed by atoms with Crippen molar-refractivity contribution in [3.05, 3.63) is 23.8 Å². The van der Waals surface area contributed by atoms with Crippen molar-refractivity contribution in [1.29, 1.82) is 0 Å². The lowest BCUT2D eigenvalue weighted by Gasteiger charge is -2.27. The number of benzene rings is 1. The highest BCUT2D eigenvalue weighted by atomic mass is 35.5. The quantitative estimate of drug-likeness (QED) is 0.435. The third-order valence-electron chi connectivity index (χ3n) is 3.23. The molecule has 0 saturated carbocycles. The molecule has 0 aliphatic rings. The van der Waals surface area contributed by atoms with Gasteiger partial charge in [0.25, 0.3) is 6.43 Å². The molecule has 0 bridgehead atoms. The number of carbonyl (C=O) groups is 2. The van der Waals surface area contributed by atoms with Gasteiger partial charge in [-0.1, -0.05) is 0 Å². The summed E-state index contributed by atoms with van der Waals surface area (Å²) in [6.07, 6.45) is -4.03. The average Bonchev–Trinajstić information content (AvgIpc) is 2.50. The molecule has 5 nitrogen and oxygen atoms in total. The lowest BCUT2D eigenvalue weighted by Crippen LogP contribution is -2.46. The van der Waals surface area contributed by atoms with E-state index < -0.39 is 29.5 Å². The first-order valence-electron chi connectivity index (χ1n) is 6.10. The molecule has 1 atom stereocenters. The van der Waals surface area contributed by atoms with Crippen LogP contribution in [0.15, 0.2) is 18.2 Å².